The van der Waals surface area contributed by atoms with E-state index in [0.29, 0.717) is 19.5 Å². The Hall–Kier alpha value is -2.42. The molecule has 0 spiro atoms. The number of anilines is 1. The number of rotatable bonds is 5. The number of carboxylic acids is 1. The molecule has 1 fully saturated rings. The molecule has 1 saturated heterocycles. The van der Waals surface area contributed by atoms with Gasteiger partial charge < -0.3 is 20.6 Å². The molecule has 164 valence electrons. The Kier molecular flexibility index (Phi) is 5.81. The highest BCUT2D eigenvalue weighted by Gasteiger charge is 2.40. The van der Waals surface area contributed by atoms with Crippen LogP contribution in [-0.2, 0) is 16.8 Å². The molecule has 0 saturated carbocycles. The fourth-order valence-electron chi connectivity index (χ4n) is 4.30. The molecule has 6 nitrogen and oxygen atoms in total. The van der Waals surface area contributed by atoms with Crippen molar-refractivity contribution < 1.29 is 23.5 Å². The summed E-state index contributed by atoms with van der Waals surface area (Å²) in [6, 6.07) is 5.33. The van der Waals surface area contributed by atoms with Crippen LogP contribution in [0.15, 0.2) is 24.3 Å². The summed E-state index contributed by atoms with van der Waals surface area (Å²) >= 11 is 12.5. The van der Waals surface area contributed by atoms with E-state index in [9.17, 15) is 18.4 Å². The number of carbonyl (C=O) groups excluding carboxylic acids is 1. The number of benzene rings is 2. The second-order valence-electron chi connectivity index (χ2n) is 7.71. The topological polar surface area (TPSA) is 81.7 Å². The predicted molar refractivity (Wildman–Crippen MR) is 113 cm³/mol. The van der Waals surface area contributed by atoms with Gasteiger partial charge in [-0.1, -0.05) is 23.2 Å². The van der Waals surface area contributed by atoms with Gasteiger partial charge in [0, 0.05) is 35.5 Å². The van der Waals surface area contributed by atoms with Gasteiger partial charge in [-0.15, -0.1) is 0 Å². The van der Waals surface area contributed by atoms with Gasteiger partial charge in [-0.25, -0.2) is 8.78 Å². The zero-order valence-corrected chi connectivity index (χ0v) is 17.8. The van der Waals surface area contributed by atoms with Gasteiger partial charge in [-0.2, -0.15) is 0 Å². The van der Waals surface area contributed by atoms with E-state index in [2.05, 4.69) is 10.6 Å². The second kappa shape index (κ2) is 8.26. The maximum atomic E-state index is 14.9. The van der Waals surface area contributed by atoms with Crippen LogP contribution in [0, 0.1) is 11.6 Å². The number of aliphatic carboxylic acids is 1. The quantitative estimate of drug-likeness (QED) is 0.582. The molecule has 4 rings (SSSR count). The Morgan fingerprint density at radius 2 is 2.03 bits per heavy atom. The van der Waals surface area contributed by atoms with Crippen LogP contribution in [0.4, 0.5) is 14.5 Å². The minimum Gasteiger partial charge on any atom is -0.480 e. The fourth-order valence-corrected chi connectivity index (χ4v) is 4.79. The SMILES string of the molecule is O=C(O)CN1CCc2c(F)cc(N[C@]3(c4c(F)ccc(Cl)c4Cl)CCNC3)cc2C1=O. The summed E-state index contributed by atoms with van der Waals surface area (Å²) in [5, 5.41) is 15.6. The second-order valence-corrected chi connectivity index (χ2v) is 8.49. The molecule has 2 aromatic carbocycles. The third kappa shape index (κ3) is 3.95. The molecule has 2 aliphatic heterocycles. The Morgan fingerprint density at radius 3 is 2.71 bits per heavy atom. The minimum absolute atomic E-state index is 0.0695. The first kappa shape index (κ1) is 21.8. The standard InChI is InChI=1S/C21H19Cl2F2N3O3/c22-14-1-2-15(24)18(19(14)23)21(4-5-26-10-21)27-11-7-13-12(16(25)8-11)3-6-28(20(13)31)9-17(29)30/h1-2,7-8,26-27H,3-6,9-10H2,(H,29,30)/t21-/m1/s1. The third-order valence-corrected chi connectivity index (χ3v) is 6.54. The molecule has 2 heterocycles. The van der Waals surface area contributed by atoms with E-state index >= 15 is 0 Å². The molecule has 2 aromatic rings. The highest BCUT2D eigenvalue weighted by atomic mass is 35.5. The van der Waals surface area contributed by atoms with Gasteiger partial charge in [0.25, 0.3) is 5.91 Å². The van der Waals surface area contributed by atoms with Crippen molar-refractivity contribution in [1.82, 2.24) is 10.2 Å². The van der Waals surface area contributed by atoms with Crippen molar-refractivity contribution in [3.63, 3.8) is 0 Å². The fraction of sp³-hybridized carbons (Fsp3) is 0.333. The van der Waals surface area contributed by atoms with E-state index in [1.807, 2.05) is 0 Å². The van der Waals surface area contributed by atoms with Crippen LogP contribution in [0.3, 0.4) is 0 Å². The van der Waals surface area contributed by atoms with Crippen LogP contribution in [0.1, 0.15) is 27.9 Å². The molecule has 1 amide bonds. The van der Waals surface area contributed by atoms with Crippen LogP contribution in [0.2, 0.25) is 10.0 Å². The molecule has 0 aliphatic carbocycles. The molecular formula is C21H19Cl2F2N3O3. The van der Waals surface area contributed by atoms with Crippen molar-refractivity contribution in [3.05, 3.63) is 62.6 Å². The number of halogens is 4. The van der Waals surface area contributed by atoms with Crippen LogP contribution in [0.5, 0.6) is 0 Å². The Balaban J connectivity index is 1.75. The molecular weight excluding hydrogens is 451 g/mol. The Morgan fingerprint density at radius 1 is 1.26 bits per heavy atom. The van der Waals surface area contributed by atoms with Gasteiger partial charge in [0.1, 0.15) is 18.2 Å². The number of nitrogens with one attached hydrogen (secondary N) is 2. The minimum atomic E-state index is -1.14. The van der Waals surface area contributed by atoms with Crippen molar-refractivity contribution in [2.24, 2.45) is 0 Å². The summed E-state index contributed by atoms with van der Waals surface area (Å²) in [5.41, 5.74) is -0.244. The van der Waals surface area contributed by atoms with E-state index in [1.165, 1.54) is 24.3 Å². The molecule has 0 bridgehead atoms. The number of amides is 1. The van der Waals surface area contributed by atoms with Crippen molar-refractivity contribution in [3.8, 4) is 0 Å². The molecule has 2 aliphatic rings. The van der Waals surface area contributed by atoms with E-state index in [-0.39, 0.29) is 45.4 Å². The number of nitrogens with zero attached hydrogens (tertiary/aromatic N) is 1. The number of carboxylic acid groups (broad SMARTS) is 1. The summed E-state index contributed by atoms with van der Waals surface area (Å²) < 4.78 is 29.7. The maximum absolute atomic E-state index is 14.9. The van der Waals surface area contributed by atoms with E-state index in [1.54, 1.807) is 0 Å². The third-order valence-electron chi connectivity index (χ3n) is 5.73. The smallest absolute Gasteiger partial charge is 0.323 e. The Bertz CT molecular complexity index is 1070. The van der Waals surface area contributed by atoms with Crippen LogP contribution < -0.4 is 10.6 Å². The van der Waals surface area contributed by atoms with Crippen molar-refractivity contribution in [2.75, 3.05) is 31.5 Å². The lowest BCUT2D eigenvalue weighted by atomic mass is 9.87. The summed E-state index contributed by atoms with van der Waals surface area (Å²) in [4.78, 5) is 24.9. The van der Waals surface area contributed by atoms with Gasteiger partial charge in [-0.3, -0.25) is 9.59 Å². The number of hydrogen-bond donors (Lipinski definition) is 3. The average Bonchev–Trinajstić information content (AvgIpc) is 3.16. The lowest BCUT2D eigenvalue weighted by Gasteiger charge is -2.34. The van der Waals surface area contributed by atoms with Crippen molar-refractivity contribution in [2.45, 2.75) is 18.4 Å². The van der Waals surface area contributed by atoms with Gasteiger partial charge in [-0.05, 0) is 43.7 Å². The van der Waals surface area contributed by atoms with Crippen molar-refractivity contribution in [1.29, 1.82) is 0 Å². The molecule has 3 N–H and O–H groups in total. The first-order valence-electron chi connectivity index (χ1n) is 9.68. The monoisotopic (exact) mass is 469 g/mol. The summed E-state index contributed by atoms with van der Waals surface area (Å²) in [7, 11) is 0. The molecule has 0 aromatic heterocycles. The van der Waals surface area contributed by atoms with Gasteiger partial charge in [0.05, 0.1) is 15.6 Å². The van der Waals surface area contributed by atoms with Gasteiger partial charge in [0.15, 0.2) is 0 Å². The normalized spacial score (nSPS) is 20.6. The van der Waals surface area contributed by atoms with Gasteiger partial charge >= 0.3 is 5.97 Å². The van der Waals surface area contributed by atoms with Crippen LogP contribution in [0.25, 0.3) is 0 Å². The highest BCUT2D eigenvalue weighted by Crippen LogP contribution is 2.41. The van der Waals surface area contributed by atoms with E-state index < -0.39 is 35.6 Å². The zero-order chi connectivity index (χ0) is 22.3. The molecule has 1 atom stereocenters. The lowest BCUT2D eigenvalue weighted by Crippen LogP contribution is -2.42. The first-order chi connectivity index (χ1) is 14.7. The molecule has 0 unspecified atom stereocenters. The first-order valence-corrected chi connectivity index (χ1v) is 10.4. The highest BCUT2D eigenvalue weighted by molar-refractivity contribution is 6.42. The summed E-state index contributed by atoms with van der Waals surface area (Å²) in [6.45, 7) is 0.531. The summed E-state index contributed by atoms with van der Waals surface area (Å²) in [6.07, 6.45) is 0.656. The van der Waals surface area contributed by atoms with E-state index in [4.69, 9.17) is 28.3 Å². The number of carbonyl (C=O) groups is 2. The zero-order valence-electron chi connectivity index (χ0n) is 16.3. The van der Waals surface area contributed by atoms with Crippen LogP contribution in [-0.4, -0.2) is 48.1 Å². The average molecular weight is 470 g/mol. The van der Waals surface area contributed by atoms with Crippen LogP contribution >= 0.6 is 23.2 Å². The molecule has 0 radical (unpaired) electrons. The van der Waals surface area contributed by atoms with E-state index in [0.717, 1.165) is 4.90 Å². The number of fused-ring (bicyclic) bond motifs is 1. The largest absolute Gasteiger partial charge is 0.480 e. The summed E-state index contributed by atoms with van der Waals surface area (Å²) in [5.74, 6) is -2.83. The predicted octanol–water partition coefficient (Wildman–Crippen LogP) is 3.66. The lowest BCUT2D eigenvalue weighted by molar-refractivity contribution is -0.137. The molecule has 31 heavy (non-hydrogen) atoms. The Labute approximate surface area is 187 Å². The molecule has 10 heteroatoms. The number of hydrogen-bond acceptors (Lipinski definition) is 4. The van der Waals surface area contributed by atoms with Gasteiger partial charge in [0.2, 0.25) is 0 Å². The van der Waals surface area contributed by atoms with Crippen molar-refractivity contribution >= 4 is 40.8 Å². The maximum Gasteiger partial charge on any atom is 0.323 e.